The predicted molar refractivity (Wildman–Crippen MR) is 125 cm³/mol. The topological polar surface area (TPSA) is 121 Å². The Morgan fingerprint density at radius 1 is 0.917 bits per heavy atom. The van der Waals surface area contributed by atoms with Gasteiger partial charge in [-0.15, -0.1) is 0 Å². The maximum atomic E-state index is 12.9. The van der Waals surface area contributed by atoms with E-state index in [9.17, 15) is 18.7 Å². The van der Waals surface area contributed by atoms with E-state index < -0.39 is 5.60 Å². The molecule has 1 N–H and O–H groups in total. The van der Waals surface area contributed by atoms with Crippen molar-refractivity contribution in [1.82, 2.24) is 19.1 Å². The van der Waals surface area contributed by atoms with Gasteiger partial charge in [0.1, 0.15) is 40.8 Å². The summed E-state index contributed by atoms with van der Waals surface area (Å²) >= 11 is 0. The summed E-state index contributed by atoms with van der Waals surface area (Å²) < 4.78 is 28.7. The van der Waals surface area contributed by atoms with Crippen molar-refractivity contribution >= 4 is 5.78 Å². The van der Waals surface area contributed by atoms with Crippen molar-refractivity contribution in [1.29, 1.82) is 10.5 Å². The van der Waals surface area contributed by atoms with Crippen molar-refractivity contribution in [3.05, 3.63) is 108 Å². The standard InChI is InChI=1S/C14H14FN3O.C12H8FN3O/c1-2-14(19,11-3-5-12(15)6-4-11)9-18-10-17-8-13(18)7-16;13-10-3-1-9(2-4-10)12(17)7-16-8-15-6-11(16)5-14/h3-6,8,10,19H,2,9H2,1H3;1-4,6,8H,7H2. The molecule has 8 nitrogen and oxygen atoms in total. The fourth-order valence-corrected chi connectivity index (χ4v) is 3.41. The summed E-state index contributed by atoms with van der Waals surface area (Å²) in [7, 11) is 0. The fourth-order valence-electron chi connectivity index (χ4n) is 3.41. The summed E-state index contributed by atoms with van der Waals surface area (Å²) in [5, 5.41) is 28.4. The van der Waals surface area contributed by atoms with Gasteiger partial charge in [-0.1, -0.05) is 19.1 Å². The molecule has 2 heterocycles. The molecule has 0 fully saturated rings. The second-order valence-corrected chi connectivity index (χ2v) is 7.86. The molecule has 4 rings (SSSR count). The lowest BCUT2D eigenvalue weighted by Crippen LogP contribution is -2.31. The van der Waals surface area contributed by atoms with Crippen LogP contribution in [0.2, 0.25) is 0 Å². The van der Waals surface area contributed by atoms with Crippen molar-refractivity contribution in [3.8, 4) is 12.1 Å². The first-order chi connectivity index (χ1) is 17.3. The number of rotatable bonds is 7. The number of hydrogen-bond donors (Lipinski definition) is 1. The average Bonchev–Trinajstić information content (AvgIpc) is 3.53. The summed E-state index contributed by atoms with van der Waals surface area (Å²) in [5.41, 5.74) is 0.576. The molecule has 0 saturated carbocycles. The monoisotopic (exact) mass is 488 g/mol. The largest absolute Gasteiger partial charge is 0.383 e. The van der Waals surface area contributed by atoms with E-state index in [2.05, 4.69) is 9.97 Å². The number of ketones is 1. The van der Waals surface area contributed by atoms with Gasteiger partial charge in [0.2, 0.25) is 0 Å². The van der Waals surface area contributed by atoms with Gasteiger partial charge < -0.3 is 14.2 Å². The van der Waals surface area contributed by atoms with E-state index in [1.165, 1.54) is 66.0 Å². The Kier molecular flexibility index (Phi) is 8.39. The van der Waals surface area contributed by atoms with Crippen LogP contribution in [0.5, 0.6) is 0 Å². The molecule has 0 radical (unpaired) electrons. The minimum atomic E-state index is -1.15. The molecule has 2 aromatic carbocycles. The first-order valence-electron chi connectivity index (χ1n) is 10.9. The molecule has 0 saturated heterocycles. The molecule has 36 heavy (non-hydrogen) atoms. The van der Waals surface area contributed by atoms with E-state index in [0.717, 1.165) is 0 Å². The fraction of sp³-hybridized carbons (Fsp3) is 0.192. The van der Waals surface area contributed by atoms with E-state index >= 15 is 0 Å². The Labute approximate surface area is 206 Å². The lowest BCUT2D eigenvalue weighted by molar-refractivity contribution is 0.0141. The van der Waals surface area contributed by atoms with Crippen LogP contribution in [0.15, 0.2) is 73.6 Å². The highest BCUT2D eigenvalue weighted by molar-refractivity contribution is 5.95. The highest BCUT2D eigenvalue weighted by Crippen LogP contribution is 2.27. The second kappa shape index (κ2) is 11.6. The van der Waals surface area contributed by atoms with Crippen molar-refractivity contribution in [2.45, 2.75) is 32.0 Å². The van der Waals surface area contributed by atoms with Crippen LogP contribution in [0.3, 0.4) is 0 Å². The summed E-state index contributed by atoms with van der Waals surface area (Å²) in [4.78, 5) is 19.5. The Morgan fingerprint density at radius 2 is 1.42 bits per heavy atom. The van der Waals surface area contributed by atoms with Gasteiger partial charge >= 0.3 is 0 Å². The van der Waals surface area contributed by atoms with E-state index in [4.69, 9.17) is 10.5 Å². The van der Waals surface area contributed by atoms with Crippen molar-refractivity contribution < 1.29 is 18.7 Å². The number of carbonyl (C=O) groups is 1. The molecule has 0 aliphatic carbocycles. The second-order valence-electron chi connectivity index (χ2n) is 7.86. The number of benzene rings is 2. The molecule has 182 valence electrons. The zero-order chi connectivity index (χ0) is 26.1. The molecule has 0 aliphatic heterocycles. The van der Waals surface area contributed by atoms with Crippen LogP contribution in [0.25, 0.3) is 0 Å². The van der Waals surface area contributed by atoms with Crippen LogP contribution in [0.4, 0.5) is 8.78 Å². The number of aromatic nitrogens is 4. The Morgan fingerprint density at radius 3 is 1.94 bits per heavy atom. The number of nitrogens with zero attached hydrogens (tertiary/aromatic N) is 6. The molecular weight excluding hydrogens is 466 g/mol. The zero-order valence-corrected chi connectivity index (χ0v) is 19.3. The van der Waals surface area contributed by atoms with Gasteiger partial charge in [-0.2, -0.15) is 10.5 Å². The Hall–Kier alpha value is -4.67. The molecule has 2 aromatic heterocycles. The smallest absolute Gasteiger partial charge is 0.182 e. The summed E-state index contributed by atoms with van der Waals surface area (Å²) in [6.45, 7) is 2.07. The highest BCUT2D eigenvalue weighted by Gasteiger charge is 2.28. The Bertz CT molecular complexity index is 1400. The number of aliphatic hydroxyl groups is 1. The van der Waals surface area contributed by atoms with Crippen molar-refractivity contribution in [2.24, 2.45) is 0 Å². The summed E-state index contributed by atoms with van der Waals surface area (Å²) in [5.74, 6) is -0.927. The van der Waals surface area contributed by atoms with Gasteiger partial charge in [0.15, 0.2) is 5.78 Å². The zero-order valence-electron chi connectivity index (χ0n) is 19.3. The third kappa shape index (κ3) is 6.26. The molecule has 1 atom stereocenters. The molecule has 0 aliphatic rings. The number of Topliss-reactive ketones (excluding diaryl/α,β-unsaturated/α-hetero) is 1. The molecule has 4 aromatic rings. The number of imidazole rings is 2. The lowest BCUT2D eigenvalue weighted by Gasteiger charge is -2.28. The van der Waals surface area contributed by atoms with Crippen molar-refractivity contribution in [2.75, 3.05) is 0 Å². The lowest BCUT2D eigenvalue weighted by atomic mass is 9.91. The molecule has 10 heteroatoms. The van der Waals surface area contributed by atoms with E-state index in [1.807, 2.05) is 19.1 Å². The average molecular weight is 488 g/mol. The van der Waals surface area contributed by atoms with Crippen LogP contribution in [-0.2, 0) is 18.7 Å². The molecule has 1 unspecified atom stereocenters. The highest BCUT2D eigenvalue weighted by atomic mass is 19.1. The predicted octanol–water partition coefficient (Wildman–Crippen LogP) is 3.97. The maximum Gasteiger partial charge on any atom is 0.182 e. The van der Waals surface area contributed by atoms with E-state index in [-0.39, 0.29) is 30.5 Å². The van der Waals surface area contributed by atoms with Crippen molar-refractivity contribution in [3.63, 3.8) is 0 Å². The van der Waals surface area contributed by atoms with Gasteiger partial charge in [-0.05, 0) is 48.4 Å². The van der Waals surface area contributed by atoms with Crippen LogP contribution >= 0.6 is 0 Å². The number of nitriles is 2. The van der Waals surface area contributed by atoms with Gasteiger partial charge in [0.25, 0.3) is 0 Å². The summed E-state index contributed by atoms with van der Waals surface area (Å²) in [6.07, 6.45) is 6.20. The molecular formula is C26H22F2N6O2. The number of carbonyl (C=O) groups excluding carboxylic acids is 1. The Balaban J connectivity index is 0.000000202. The maximum absolute atomic E-state index is 12.9. The van der Waals surface area contributed by atoms with Crippen LogP contribution < -0.4 is 0 Å². The summed E-state index contributed by atoms with van der Waals surface area (Å²) in [6, 6.07) is 15.0. The quantitative estimate of drug-likeness (QED) is 0.393. The van der Waals surface area contributed by atoms with Gasteiger partial charge in [0, 0.05) is 5.56 Å². The third-order valence-electron chi connectivity index (χ3n) is 5.53. The van der Waals surface area contributed by atoms with Gasteiger partial charge in [-0.25, -0.2) is 18.7 Å². The SMILES string of the molecule is CCC(O)(Cn1cncc1C#N)c1ccc(F)cc1.N#Cc1cncn1CC(=O)c1ccc(F)cc1. The van der Waals surface area contributed by atoms with Crippen LogP contribution in [0, 0.1) is 34.3 Å². The van der Waals surface area contributed by atoms with E-state index in [0.29, 0.717) is 28.9 Å². The minimum absolute atomic E-state index is 0.0223. The first kappa shape index (κ1) is 25.9. The molecule has 0 spiro atoms. The molecule has 0 bridgehead atoms. The third-order valence-corrected chi connectivity index (χ3v) is 5.53. The first-order valence-corrected chi connectivity index (χ1v) is 10.9. The number of hydrogen-bond acceptors (Lipinski definition) is 6. The number of halogens is 2. The van der Waals surface area contributed by atoms with Crippen LogP contribution in [0.1, 0.15) is 40.7 Å². The van der Waals surface area contributed by atoms with Gasteiger partial charge in [-0.3, -0.25) is 4.79 Å². The van der Waals surface area contributed by atoms with E-state index in [1.54, 1.807) is 16.7 Å². The normalized spacial score (nSPS) is 11.9. The minimum Gasteiger partial charge on any atom is -0.383 e. The van der Waals surface area contributed by atoms with Crippen LogP contribution in [-0.4, -0.2) is 30.0 Å². The van der Waals surface area contributed by atoms with Gasteiger partial charge in [0.05, 0.1) is 38.1 Å². The molecule has 0 amide bonds.